The summed E-state index contributed by atoms with van der Waals surface area (Å²) in [6.45, 7) is 6.15. The van der Waals surface area contributed by atoms with Gasteiger partial charge in [-0.05, 0) is 25.7 Å². The lowest BCUT2D eigenvalue weighted by Crippen LogP contribution is -2.14. The SMILES string of the molecule is CCCNc1ncc(C)c(NCCC2CCCCC2)n1. The second-order valence-electron chi connectivity index (χ2n) is 5.87. The molecule has 4 nitrogen and oxygen atoms in total. The first-order valence-electron chi connectivity index (χ1n) is 8.11. The molecule has 1 aliphatic carbocycles. The average Bonchev–Trinajstić information content (AvgIpc) is 2.49. The quantitative estimate of drug-likeness (QED) is 0.790. The van der Waals surface area contributed by atoms with Gasteiger partial charge in [0.1, 0.15) is 5.82 Å². The smallest absolute Gasteiger partial charge is 0.224 e. The van der Waals surface area contributed by atoms with E-state index in [1.807, 2.05) is 6.20 Å². The maximum absolute atomic E-state index is 4.56. The maximum atomic E-state index is 4.56. The van der Waals surface area contributed by atoms with Gasteiger partial charge in [-0.25, -0.2) is 4.98 Å². The summed E-state index contributed by atoms with van der Waals surface area (Å²) in [6.07, 6.45) is 11.3. The predicted octanol–water partition coefficient (Wildman–Crippen LogP) is 3.99. The molecule has 0 bridgehead atoms. The highest BCUT2D eigenvalue weighted by Gasteiger charge is 2.13. The van der Waals surface area contributed by atoms with Crippen molar-refractivity contribution in [3.8, 4) is 0 Å². The molecule has 1 aromatic rings. The molecule has 1 aromatic heterocycles. The first-order chi connectivity index (χ1) is 9.79. The van der Waals surface area contributed by atoms with Crippen LogP contribution in [0.4, 0.5) is 11.8 Å². The zero-order chi connectivity index (χ0) is 14.2. The van der Waals surface area contributed by atoms with E-state index in [1.165, 1.54) is 38.5 Å². The number of anilines is 2. The lowest BCUT2D eigenvalue weighted by atomic mass is 9.87. The molecule has 2 rings (SSSR count). The first-order valence-corrected chi connectivity index (χ1v) is 8.11. The van der Waals surface area contributed by atoms with Gasteiger partial charge in [0.2, 0.25) is 5.95 Å². The lowest BCUT2D eigenvalue weighted by molar-refractivity contribution is 0.345. The van der Waals surface area contributed by atoms with E-state index in [9.17, 15) is 0 Å². The monoisotopic (exact) mass is 276 g/mol. The van der Waals surface area contributed by atoms with Crippen LogP contribution in [0.3, 0.4) is 0 Å². The highest BCUT2D eigenvalue weighted by atomic mass is 15.1. The van der Waals surface area contributed by atoms with Crippen LogP contribution < -0.4 is 10.6 Å². The Hall–Kier alpha value is -1.32. The average molecular weight is 276 g/mol. The van der Waals surface area contributed by atoms with Crippen LogP contribution in [-0.2, 0) is 0 Å². The van der Waals surface area contributed by atoms with Gasteiger partial charge in [0, 0.05) is 24.8 Å². The lowest BCUT2D eigenvalue weighted by Gasteiger charge is -2.21. The summed E-state index contributed by atoms with van der Waals surface area (Å²) in [4.78, 5) is 8.87. The van der Waals surface area contributed by atoms with Crippen LogP contribution in [0.2, 0.25) is 0 Å². The van der Waals surface area contributed by atoms with Gasteiger partial charge in [0.15, 0.2) is 0 Å². The molecule has 0 saturated heterocycles. The Bertz CT molecular complexity index is 399. The Morgan fingerprint density at radius 2 is 1.95 bits per heavy atom. The number of aromatic nitrogens is 2. The molecule has 1 fully saturated rings. The highest BCUT2D eigenvalue weighted by Crippen LogP contribution is 2.26. The summed E-state index contributed by atoms with van der Waals surface area (Å²) in [7, 11) is 0. The van der Waals surface area contributed by atoms with Crippen molar-refractivity contribution < 1.29 is 0 Å². The van der Waals surface area contributed by atoms with Crippen LogP contribution >= 0.6 is 0 Å². The zero-order valence-corrected chi connectivity index (χ0v) is 12.9. The fourth-order valence-corrected chi connectivity index (χ4v) is 2.81. The molecule has 0 atom stereocenters. The normalized spacial score (nSPS) is 16.1. The Morgan fingerprint density at radius 1 is 1.15 bits per heavy atom. The molecule has 0 radical (unpaired) electrons. The van der Waals surface area contributed by atoms with Crippen molar-refractivity contribution in [3.63, 3.8) is 0 Å². The molecule has 2 N–H and O–H groups in total. The van der Waals surface area contributed by atoms with Crippen molar-refractivity contribution in [1.29, 1.82) is 0 Å². The van der Waals surface area contributed by atoms with E-state index in [0.29, 0.717) is 0 Å². The second kappa shape index (κ2) is 8.08. The molecule has 4 heteroatoms. The summed E-state index contributed by atoms with van der Waals surface area (Å²) in [5.41, 5.74) is 1.12. The minimum atomic E-state index is 0.734. The van der Waals surface area contributed by atoms with Crippen LogP contribution in [0.5, 0.6) is 0 Å². The van der Waals surface area contributed by atoms with Crippen LogP contribution in [0.15, 0.2) is 6.20 Å². The van der Waals surface area contributed by atoms with Gasteiger partial charge in [-0.3, -0.25) is 0 Å². The number of nitrogens with one attached hydrogen (secondary N) is 2. The predicted molar refractivity (Wildman–Crippen MR) is 85.2 cm³/mol. The van der Waals surface area contributed by atoms with Crippen molar-refractivity contribution >= 4 is 11.8 Å². The Balaban J connectivity index is 1.81. The largest absolute Gasteiger partial charge is 0.370 e. The third-order valence-electron chi connectivity index (χ3n) is 4.07. The molecule has 112 valence electrons. The first kappa shape index (κ1) is 15.1. The molecule has 1 saturated carbocycles. The molecule has 0 unspecified atom stereocenters. The van der Waals surface area contributed by atoms with Gasteiger partial charge >= 0.3 is 0 Å². The van der Waals surface area contributed by atoms with Crippen LogP contribution in [0.1, 0.15) is 57.4 Å². The van der Waals surface area contributed by atoms with E-state index >= 15 is 0 Å². The molecular weight excluding hydrogens is 248 g/mol. The number of hydrogen-bond acceptors (Lipinski definition) is 4. The van der Waals surface area contributed by atoms with Crippen molar-refractivity contribution in [3.05, 3.63) is 11.8 Å². The summed E-state index contributed by atoms with van der Waals surface area (Å²) in [5, 5.41) is 6.73. The fourth-order valence-electron chi connectivity index (χ4n) is 2.81. The molecule has 20 heavy (non-hydrogen) atoms. The Labute approximate surface area is 122 Å². The van der Waals surface area contributed by atoms with E-state index in [1.54, 1.807) is 0 Å². The van der Waals surface area contributed by atoms with Crippen molar-refractivity contribution in [2.24, 2.45) is 5.92 Å². The third-order valence-corrected chi connectivity index (χ3v) is 4.07. The van der Waals surface area contributed by atoms with E-state index in [2.05, 4.69) is 34.4 Å². The highest BCUT2D eigenvalue weighted by molar-refractivity contribution is 5.46. The van der Waals surface area contributed by atoms with E-state index in [4.69, 9.17) is 0 Å². The Morgan fingerprint density at radius 3 is 2.70 bits per heavy atom. The molecule has 0 aliphatic heterocycles. The minimum Gasteiger partial charge on any atom is -0.370 e. The van der Waals surface area contributed by atoms with E-state index in [-0.39, 0.29) is 0 Å². The summed E-state index contributed by atoms with van der Waals surface area (Å²) >= 11 is 0. The minimum absolute atomic E-state index is 0.734. The van der Waals surface area contributed by atoms with Gasteiger partial charge in [-0.15, -0.1) is 0 Å². The zero-order valence-electron chi connectivity index (χ0n) is 12.9. The van der Waals surface area contributed by atoms with Gasteiger partial charge in [-0.2, -0.15) is 4.98 Å². The van der Waals surface area contributed by atoms with Crippen LogP contribution in [0.25, 0.3) is 0 Å². The summed E-state index contributed by atoms with van der Waals surface area (Å²) in [6, 6.07) is 0. The number of aryl methyl sites for hydroxylation is 1. The molecule has 0 spiro atoms. The fraction of sp³-hybridized carbons (Fsp3) is 0.750. The van der Waals surface area contributed by atoms with Crippen molar-refractivity contribution in [2.75, 3.05) is 23.7 Å². The standard InChI is InChI=1S/C16H28N4/c1-3-10-18-16-19-12-13(2)15(20-16)17-11-9-14-7-5-4-6-8-14/h12,14H,3-11H2,1-2H3,(H2,17,18,19,20). The topological polar surface area (TPSA) is 49.8 Å². The molecular formula is C16H28N4. The van der Waals surface area contributed by atoms with Gasteiger partial charge < -0.3 is 10.6 Å². The van der Waals surface area contributed by atoms with E-state index < -0.39 is 0 Å². The van der Waals surface area contributed by atoms with Gasteiger partial charge in [0.05, 0.1) is 0 Å². The Kier molecular flexibility index (Phi) is 6.09. The van der Waals surface area contributed by atoms with E-state index in [0.717, 1.165) is 42.8 Å². The van der Waals surface area contributed by atoms with Gasteiger partial charge in [0.25, 0.3) is 0 Å². The third kappa shape index (κ3) is 4.66. The number of nitrogens with zero attached hydrogens (tertiary/aromatic N) is 2. The molecule has 0 amide bonds. The van der Waals surface area contributed by atoms with Crippen molar-refractivity contribution in [1.82, 2.24) is 9.97 Å². The maximum Gasteiger partial charge on any atom is 0.224 e. The summed E-state index contributed by atoms with van der Waals surface area (Å²) in [5.74, 6) is 2.63. The van der Waals surface area contributed by atoms with Crippen LogP contribution in [0, 0.1) is 12.8 Å². The number of rotatable bonds is 7. The van der Waals surface area contributed by atoms with Gasteiger partial charge in [-0.1, -0.05) is 39.0 Å². The second-order valence-corrected chi connectivity index (χ2v) is 5.87. The molecule has 1 heterocycles. The molecule has 1 aliphatic rings. The summed E-state index contributed by atoms with van der Waals surface area (Å²) < 4.78 is 0. The molecule has 0 aromatic carbocycles. The number of hydrogen-bond donors (Lipinski definition) is 2. The van der Waals surface area contributed by atoms with Crippen LogP contribution in [-0.4, -0.2) is 23.1 Å². The van der Waals surface area contributed by atoms with Crippen molar-refractivity contribution in [2.45, 2.75) is 58.8 Å².